The fourth-order valence-electron chi connectivity index (χ4n) is 3.99. The average Bonchev–Trinajstić information content (AvgIpc) is 3.23. The first-order valence-electron chi connectivity index (χ1n) is 8.15. The summed E-state index contributed by atoms with van der Waals surface area (Å²) < 4.78 is 10.8. The van der Waals surface area contributed by atoms with E-state index in [1.54, 1.807) is 37.3 Å². The molecule has 1 spiro atoms. The third kappa shape index (κ3) is 2.19. The highest BCUT2D eigenvalue weighted by molar-refractivity contribution is 6.02. The van der Waals surface area contributed by atoms with E-state index in [-0.39, 0.29) is 19.1 Å². The second-order valence-corrected chi connectivity index (χ2v) is 6.43. The third-order valence-electron chi connectivity index (χ3n) is 5.08. The van der Waals surface area contributed by atoms with Crippen molar-refractivity contribution < 1.29 is 29.0 Å². The molecule has 1 N–H and O–H groups in total. The van der Waals surface area contributed by atoms with E-state index in [1.807, 2.05) is 6.08 Å². The number of ether oxygens (including phenoxy) is 2. The highest BCUT2D eigenvalue weighted by atomic mass is 16.5. The molecule has 2 fully saturated rings. The summed E-state index contributed by atoms with van der Waals surface area (Å²) in [5.41, 5.74) is 0.132. The zero-order valence-electron chi connectivity index (χ0n) is 13.5. The van der Waals surface area contributed by atoms with Crippen LogP contribution in [0.1, 0.15) is 17.3 Å². The molecule has 3 heterocycles. The zero-order valence-corrected chi connectivity index (χ0v) is 13.5. The molecule has 25 heavy (non-hydrogen) atoms. The molecule has 3 aliphatic rings. The predicted octanol–water partition coefficient (Wildman–Crippen LogP) is 1.23. The molecular weight excluding hydrogens is 326 g/mol. The van der Waals surface area contributed by atoms with E-state index in [0.717, 1.165) is 0 Å². The number of carboxylic acid groups (broad SMARTS) is 1. The van der Waals surface area contributed by atoms with Gasteiger partial charge in [0.1, 0.15) is 11.5 Å². The van der Waals surface area contributed by atoms with Crippen LogP contribution in [0.25, 0.3) is 0 Å². The van der Waals surface area contributed by atoms with E-state index in [1.165, 1.54) is 4.90 Å². The summed E-state index contributed by atoms with van der Waals surface area (Å²) in [5.74, 6) is -3.28. The molecular formula is C18H17NO6. The van der Waals surface area contributed by atoms with Gasteiger partial charge in [-0.15, -0.1) is 0 Å². The number of anilines is 1. The Morgan fingerprint density at radius 1 is 1.36 bits per heavy atom. The number of hydrogen-bond donors (Lipinski definition) is 1. The summed E-state index contributed by atoms with van der Waals surface area (Å²) in [6.45, 7) is 2.29. The number of benzene rings is 1. The topological polar surface area (TPSA) is 93.1 Å². The molecule has 130 valence electrons. The van der Waals surface area contributed by atoms with E-state index < -0.39 is 35.5 Å². The fraction of sp³-hybridized carbons (Fsp3) is 0.389. The van der Waals surface area contributed by atoms with Gasteiger partial charge in [-0.05, 0) is 31.2 Å². The number of fused-ring (bicyclic) bond motifs is 1. The summed E-state index contributed by atoms with van der Waals surface area (Å²) in [4.78, 5) is 37.7. The highest BCUT2D eigenvalue weighted by Crippen LogP contribution is 2.52. The summed E-state index contributed by atoms with van der Waals surface area (Å²) in [6, 6.07) is 6.51. The van der Waals surface area contributed by atoms with Crippen LogP contribution in [-0.2, 0) is 19.1 Å². The SMILES string of the molecule is CCOC(=O)c1ccc(N2C[C@]34C=C[C@H](O3)[C@@H](C(=O)O)[C@H]4C2=O)cc1. The normalized spacial score (nSPS) is 32.1. The van der Waals surface area contributed by atoms with Crippen molar-refractivity contribution in [2.75, 3.05) is 18.1 Å². The minimum Gasteiger partial charge on any atom is -0.481 e. The lowest BCUT2D eigenvalue weighted by Crippen LogP contribution is -2.39. The zero-order chi connectivity index (χ0) is 17.8. The first kappa shape index (κ1) is 15.8. The van der Waals surface area contributed by atoms with Crippen LogP contribution >= 0.6 is 0 Å². The maximum absolute atomic E-state index is 12.9. The lowest BCUT2D eigenvalue weighted by atomic mass is 9.77. The largest absolute Gasteiger partial charge is 0.481 e. The van der Waals surface area contributed by atoms with Crippen LogP contribution in [0, 0.1) is 11.8 Å². The maximum atomic E-state index is 12.9. The smallest absolute Gasteiger partial charge is 0.338 e. The number of carbonyl (C=O) groups is 3. The lowest BCUT2D eigenvalue weighted by molar-refractivity contribution is -0.146. The van der Waals surface area contributed by atoms with Gasteiger partial charge in [0.15, 0.2) is 0 Å². The van der Waals surface area contributed by atoms with Crippen LogP contribution in [0.15, 0.2) is 36.4 Å². The molecule has 3 aliphatic heterocycles. The van der Waals surface area contributed by atoms with E-state index in [9.17, 15) is 19.5 Å². The van der Waals surface area contributed by atoms with Crippen molar-refractivity contribution in [1.29, 1.82) is 0 Å². The Kier molecular flexibility index (Phi) is 3.43. The predicted molar refractivity (Wildman–Crippen MR) is 86.1 cm³/mol. The average molecular weight is 343 g/mol. The molecule has 0 aliphatic carbocycles. The Morgan fingerprint density at radius 2 is 2.08 bits per heavy atom. The van der Waals surface area contributed by atoms with Crippen molar-refractivity contribution in [3.05, 3.63) is 42.0 Å². The number of carbonyl (C=O) groups excluding carboxylic acids is 2. The Bertz CT molecular complexity index is 785. The van der Waals surface area contributed by atoms with Crippen LogP contribution in [0.5, 0.6) is 0 Å². The molecule has 7 heteroatoms. The molecule has 0 saturated carbocycles. The van der Waals surface area contributed by atoms with Gasteiger partial charge < -0.3 is 19.5 Å². The number of aliphatic carboxylic acids is 1. The molecule has 4 atom stereocenters. The van der Waals surface area contributed by atoms with Crippen LogP contribution in [0.3, 0.4) is 0 Å². The number of rotatable bonds is 4. The first-order valence-corrected chi connectivity index (χ1v) is 8.15. The third-order valence-corrected chi connectivity index (χ3v) is 5.08. The number of hydrogen-bond acceptors (Lipinski definition) is 5. The van der Waals surface area contributed by atoms with E-state index in [2.05, 4.69) is 0 Å². The molecule has 1 aromatic carbocycles. The van der Waals surface area contributed by atoms with Crippen molar-refractivity contribution >= 4 is 23.5 Å². The molecule has 4 rings (SSSR count). The second-order valence-electron chi connectivity index (χ2n) is 6.43. The summed E-state index contributed by atoms with van der Waals surface area (Å²) in [5, 5.41) is 9.47. The van der Waals surface area contributed by atoms with Gasteiger partial charge in [-0.2, -0.15) is 0 Å². The van der Waals surface area contributed by atoms with Crippen molar-refractivity contribution in [2.45, 2.75) is 18.6 Å². The molecule has 2 saturated heterocycles. The summed E-state index contributed by atoms with van der Waals surface area (Å²) in [6.07, 6.45) is 3.00. The molecule has 2 bridgehead atoms. The van der Waals surface area contributed by atoms with Gasteiger partial charge in [0.25, 0.3) is 0 Å². The van der Waals surface area contributed by atoms with Crippen LogP contribution in [0.4, 0.5) is 5.69 Å². The minimum atomic E-state index is -1.02. The van der Waals surface area contributed by atoms with E-state index >= 15 is 0 Å². The maximum Gasteiger partial charge on any atom is 0.338 e. The van der Waals surface area contributed by atoms with E-state index in [0.29, 0.717) is 11.3 Å². The quantitative estimate of drug-likeness (QED) is 0.653. The van der Waals surface area contributed by atoms with Gasteiger partial charge in [-0.1, -0.05) is 12.2 Å². The molecule has 1 amide bonds. The Morgan fingerprint density at radius 3 is 2.72 bits per heavy atom. The summed E-state index contributed by atoms with van der Waals surface area (Å²) >= 11 is 0. The van der Waals surface area contributed by atoms with E-state index in [4.69, 9.17) is 9.47 Å². The molecule has 7 nitrogen and oxygen atoms in total. The Balaban J connectivity index is 1.61. The number of carboxylic acids is 1. The van der Waals surface area contributed by atoms with Gasteiger partial charge in [0.05, 0.1) is 30.7 Å². The van der Waals surface area contributed by atoms with Crippen molar-refractivity contribution in [3.8, 4) is 0 Å². The van der Waals surface area contributed by atoms with Crippen molar-refractivity contribution in [1.82, 2.24) is 0 Å². The standard InChI is InChI=1S/C18H17NO6/c1-2-24-17(23)10-3-5-11(6-4-10)19-9-18-8-7-12(25-18)13(16(21)22)14(18)15(19)20/h3-8,12-14H,2,9H2,1H3,(H,21,22)/t12-,13+,14-,18-/m0/s1. The van der Waals surface area contributed by atoms with Gasteiger partial charge in [-0.25, -0.2) is 4.79 Å². The monoisotopic (exact) mass is 343 g/mol. The first-order chi connectivity index (χ1) is 12.0. The highest BCUT2D eigenvalue weighted by Gasteiger charge is 2.67. The van der Waals surface area contributed by atoms with Crippen molar-refractivity contribution in [2.24, 2.45) is 11.8 Å². The van der Waals surface area contributed by atoms with Crippen LogP contribution in [-0.4, -0.2) is 47.8 Å². The Labute approximate surface area is 143 Å². The van der Waals surface area contributed by atoms with Crippen molar-refractivity contribution in [3.63, 3.8) is 0 Å². The van der Waals surface area contributed by atoms with Crippen LogP contribution < -0.4 is 4.90 Å². The molecule has 0 aromatic heterocycles. The lowest BCUT2D eigenvalue weighted by Gasteiger charge is -2.21. The van der Waals surface area contributed by atoms with Crippen LogP contribution in [0.2, 0.25) is 0 Å². The molecule has 1 aromatic rings. The minimum absolute atomic E-state index is 0.261. The van der Waals surface area contributed by atoms with Gasteiger partial charge in [0, 0.05) is 5.69 Å². The van der Waals surface area contributed by atoms with Gasteiger partial charge >= 0.3 is 11.9 Å². The number of esters is 1. The van der Waals surface area contributed by atoms with Gasteiger partial charge in [0.2, 0.25) is 5.91 Å². The fourth-order valence-corrected chi connectivity index (χ4v) is 3.99. The van der Waals surface area contributed by atoms with Gasteiger partial charge in [-0.3, -0.25) is 9.59 Å². The Hall–Kier alpha value is -2.67. The molecule has 0 unspecified atom stereocenters. The second kappa shape index (κ2) is 5.42. The number of amides is 1. The summed E-state index contributed by atoms with van der Waals surface area (Å²) in [7, 11) is 0. The molecule has 0 radical (unpaired) electrons. The number of nitrogens with zero attached hydrogens (tertiary/aromatic N) is 1.